The number of rotatable bonds is 9. The average molecular weight is 425 g/mol. The van der Waals surface area contributed by atoms with Gasteiger partial charge in [-0.05, 0) is 30.0 Å². The van der Waals surface area contributed by atoms with Gasteiger partial charge in [0.1, 0.15) is 6.10 Å². The van der Waals surface area contributed by atoms with Crippen LogP contribution in [0.1, 0.15) is 29.9 Å². The molecule has 4 N–H and O–H groups in total. The lowest BCUT2D eigenvalue weighted by Crippen LogP contribution is -2.39. The molecule has 0 aliphatic rings. The Balaban J connectivity index is 1.46. The predicted molar refractivity (Wildman–Crippen MR) is 124 cm³/mol. The number of hydrogen-bond donors (Lipinski definition) is 4. The molecule has 1 amide bonds. The van der Waals surface area contributed by atoms with E-state index in [0.29, 0.717) is 32.0 Å². The van der Waals surface area contributed by atoms with Crippen LogP contribution in [0.2, 0.25) is 0 Å². The topological polar surface area (TPSA) is 85.8 Å². The zero-order chi connectivity index (χ0) is 21.2. The van der Waals surface area contributed by atoms with Gasteiger partial charge < -0.3 is 21.1 Å². The third kappa shape index (κ3) is 6.57. The first-order valence-corrected chi connectivity index (χ1v) is 11.0. The number of hydrogen-bond acceptors (Lipinski definition) is 4. The number of carbonyl (C=O) groups is 1. The number of nitrogens with one attached hydrogen (secondary N) is 3. The van der Waals surface area contributed by atoms with Gasteiger partial charge in [-0.25, -0.2) is 0 Å². The lowest BCUT2D eigenvalue weighted by atomic mass is 10.2. The van der Waals surface area contributed by atoms with Gasteiger partial charge in [0.05, 0.1) is 6.54 Å². The number of fused-ring (bicyclic) bond motifs is 1. The first-order chi connectivity index (χ1) is 14.7. The van der Waals surface area contributed by atoms with Crippen molar-refractivity contribution in [3.8, 4) is 0 Å². The minimum atomic E-state index is -0.660. The molecule has 0 saturated carbocycles. The summed E-state index contributed by atoms with van der Waals surface area (Å²) in [6.45, 7) is 3.92. The lowest BCUT2D eigenvalue weighted by molar-refractivity contribution is -0.121. The van der Waals surface area contributed by atoms with E-state index in [2.05, 4.69) is 20.9 Å². The van der Waals surface area contributed by atoms with Crippen LogP contribution >= 0.6 is 11.3 Å². The molecule has 1 heterocycles. The Kier molecular flexibility index (Phi) is 8.23. The van der Waals surface area contributed by atoms with Crippen LogP contribution in [-0.4, -0.2) is 36.6 Å². The maximum atomic E-state index is 12.0. The van der Waals surface area contributed by atoms with E-state index in [1.807, 2.05) is 67.6 Å². The van der Waals surface area contributed by atoms with E-state index in [9.17, 15) is 9.90 Å². The van der Waals surface area contributed by atoms with Crippen molar-refractivity contribution in [2.24, 2.45) is 4.99 Å². The normalized spacial score (nSPS) is 12.5. The largest absolute Gasteiger partial charge is 0.386 e. The van der Waals surface area contributed by atoms with Gasteiger partial charge in [0.25, 0.3) is 0 Å². The summed E-state index contributed by atoms with van der Waals surface area (Å²) < 4.78 is 1.15. The van der Waals surface area contributed by atoms with Crippen molar-refractivity contribution in [3.05, 3.63) is 71.1 Å². The first-order valence-electron chi connectivity index (χ1n) is 10.1. The van der Waals surface area contributed by atoms with Gasteiger partial charge in [-0.3, -0.25) is 9.79 Å². The highest BCUT2D eigenvalue weighted by molar-refractivity contribution is 7.19. The van der Waals surface area contributed by atoms with Crippen molar-refractivity contribution in [1.29, 1.82) is 0 Å². The van der Waals surface area contributed by atoms with E-state index in [1.54, 1.807) is 11.3 Å². The summed E-state index contributed by atoms with van der Waals surface area (Å²) in [5.74, 6) is 0.570. The van der Waals surface area contributed by atoms with Crippen LogP contribution in [0.4, 0.5) is 0 Å². The number of guanidine groups is 1. The molecule has 1 atom stereocenters. The molecular formula is C23H28N4O2S. The fraction of sp³-hybridized carbons (Fsp3) is 0.304. The summed E-state index contributed by atoms with van der Waals surface area (Å²) in [6, 6.07) is 19.9. The van der Waals surface area contributed by atoms with Gasteiger partial charge in [-0.15, -0.1) is 11.3 Å². The molecule has 0 saturated heterocycles. The Bertz CT molecular complexity index is 939. The van der Waals surface area contributed by atoms with Crippen molar-refractivity contribution in [2.75, 3.05) is 19.6 Å². The van der Waals surface area contributed by atoms with Gasteiger partial charge in [-0.2, -0.15) is 0 Å². The summed E-state index contributed by atoms with van der Waals surface area (Å²) in [5.41, 5.74) is 1.07. The predicted octanol–water partition coefficient (Wildman–Crippen LogP) is 3.20. The zero-order valence-electron chi connectivity index (χ0n) is 17.1. The second-order valence-corrected chi connectivity index (χ2v) is 7.98. The Labute approximate surface area is 181 Å². The minimum absolute atomic E-state index is 0.0208. The fourth-order valence-electron chi connectivity index (χ4n) is 2.96. The van der Waals surface area contributed by atoms with Gasteiger partial charge >= 0.3 is 0 Å². The molecule has 0 spiro atoms. The monoisotopic (exact) mass is 424 g/mol. The minimum Gasteiger partial charge on any atom is -0.386 e. The summed E-state index contributed by atoms with van der Waals surface area (Å²) >= 11 is 1.58. The second-order valence-electron chi connectivity index (χ2n) is 6.86. The maximum Gasteiger partial charge on any atom is 0.222 e. The highest BCUT2D eigenvalue weighted by atomic mass is 32.1. The number of aliphatic imine (C=N–C) groups is 1. The Hall–Kier alpha value is -2.90. The number of nitrogens with zero attached hydrogens (tertiary/aromatic N) is 1. The molecule has 3 rings (SSSR count). The highest BCUT2D eigenvalue weighted by Crippen LogP contribution is 2.29. The van der Waals surface area contributed by atoms with E-state index in [1.165, 1.54) is 0 Å². The van der Waals surface area contributed by atoms with Crippen molar-refractivity contribution in [2.45, 2.75) is 26.0 Å². The van der Waals surface area contributed by atoms with E-state index in [4.69, 9.17) is 0 Å². The van der Waals surface area contributed by atoms with Crippen LogP contribution in [0.3, 0.4) is 0 Å². The van der Waals surface area contributed by atoms with Crippen LogP contribution in [0.15, 0.2) is 65.7 Å². The van der Waals surface area contributed by atoms with Crippen LogP contribution < -0.4 is 16.0 Å². The van der Waals surface area contributed by atoms with Gasteiger partial charge in [-0.1, -0.05) is 48.5 Å². The number of thiophene rings is 1. The van der Waals surface area contributed by atoms with Crippen molar-refractivity contribution in [1.82, 2.24) is 16.0 Å². The third-order valence-corrected chi connectivity index (χ3v) is 5.73. The van der Waals surface area contributed by atoms with Crippen molar-refractivity contribution >= 4 is 33.3 Å². The molecule has 158 valence electrons. The van der Waals surface area contributed by atoms with Gasteiger partial charge in [0, 0.05) is 35.6 Å². The van der Waals surface area contributed by atoms with Crippen LogP contribution in [0.25, 0.3) is 10.1 Å². The molecule has 2 aromatic carbocycles. The lowest BCUT2D eigenvalue weighted by Gasteiger charge is -2.12. The van der Waals surface area contributed by atoms with E-state index in [0.717, 1.165) is 20.5 Å². The molecule has 0 aliphatic heterocycles. The molecule has 0 bridgehead atoms. The quantitative estimate of drug-likeness (QED) is 0.314. The zero-order valence-corrected chi connectivity index (χ0v) is 17.9. The summed E-state index contributed by atoms with van der Waals surface area (Å²) in [7, 11) is 0. The average Bonchev–Trinajstić information content (AvgIpc) is 3.21. The van der Waals surface area contributed by atoms with Crippen LogP contribution in [0, 0.1) is 0 Å². The number of carbonyl (C=O) groups excluding carboxylic acids is 1. The highest BCUT2D eigenvalue weighted by Gasteiger charge is 2.11. The number of aliphatic hydroxyl groups is 1. The number of aliphatic hydroxyl groups excluding tert-OH is 1. The SMILES string of the molecule is CCNC(=NCC(O)c1cc2ccccc2s1)NCCC(=O)NCc1ccccc1. The third-order valence-electron chi connectivity index (χ3n) is 4.52. The standard InChI is InChI=1S/C23H28N4O2S/c1-2-24-23(25-13-12-22(29)26-15-17-8-4-3-5-9-17)27-16-19(28)21-14-18-10-6-7-11-20(18)30-21/h3-11,14,19,28H,2,12-13,15-16H2,1H3,(H,26,29)(H2,24,25,27). The molecule has 7 heteroatoms. The van der Waals surface area contributed by atoms with Crippen molar-refractivity contribution in [3.63, 3.8) is 0 Å². The molecule has 0 radical (unpaired) electrons. The van der Waals surface area contributed by atoms with E-state index >= 15 is 0 Å². The first kappa shape index (κ1) is 21.8. The smallest absolute Gasteiger partial charge is 0.222 e. The Morgan fingerprint density at radius 3 is 2.60 bits per heavy atom. The maximum absolute atomic E-state index is 12.0. The van der Waals surface area contributed by atoms with E-state index < -0.39 is 6.10 Å². The molecule has 0 fully saturated rings. The molecule has 1 aromatic heterocycles. The molecule has 3 aromatic rings. The van der Waals surface area contributed by atoms with Crippen molar-refractivity contribution < 1.29 is 9.90 Å². The number of amides is 1. The molecule has 0 aliphatic carbocycles. The fourth-order valence-corrected chi connectivity index (χ4v) is 4.00. The number of benzene rings is 2. The van der Waals surface area contributed by atoms with Gasteiger partial charge in [0.15, 0.2) is 5.96 Å². The molecular weight excluding hydrogens is 396 g/mol. The van der Waals surface area contributed by atoms with E-state index in [-0.39, 0.29) is 12.5 Å². The molecule has 1 unspecified atom stereocenters. The van der Waals surface area contributed by atoms with Gasteiger partial charge in [0.2, 0.25) is 5.91 Å². The summed E-state index contributed by atoms with van der Waals surface area (Å²) in [6.07, 6.45) is -0.317. The Morgan fingerprint density at radius 1 is 1.07 bits per heavy atom. The summed E-state index contributed by atoms with van der Waals surface area (Å²) in [4.78, 5) is 17.4. The molecule has 30 heavy (non-hydrogen) atoms. The van der Waals surface area contributed by atoms with Crippen LogP contribution in [-0.2, 0) is 11.3 Å². The molecule has 6 nitrogen and oxygen atoms in total. The van der Waals surface area contributed by atoms with Crippen LogP contribution in [0.5, 0.6) is 0 Å². The summed E-state index contributed by atoms with van der Waals surface area (Å²) in [5, 5.41) is 20.9. The Morgan fingerprint density at radius 2 is 1.83 bits per heavy atom. The second kappa shape index (κ2) is 11.3.